The molecule has 0 spiro atoms. The van der Waals surface area contributed by atoms with Gasteiger partial charge in [-0.1, -0.05) is 25.0 Å². The van der Waals surface area contributed by atoms with E-state index in [4.69, 9.17) is 24.3 Å². The molecule has 52 heavy (non-hydrogen) atoms. The number of hydrogen-bond donors (Lipinski definition) is 3. The highest BCUT2D eigenvalue weighted by molar-refractivity contribution is 7.51. The summed E-state index contributed by atoms with van der Waals surface area (Å²) in [5.74, 6) is -5.83. The van der Waals surface area contributed by atoms with E-state index in [-0.39, 0.29) is 34.5 Å². The predicted octanol–water partition coefficient (Wildman–Crippen LogP) is 6.24. The van der Waals surface area contributed by atoms with Gasteiger partial charge in [0.05, 0.1) is 18.1 Å². The summed E-state index contributed by atoms with van der Waals surface area (Å²) in [6.45, 7) is -1.34. The number of nitro groups is 1. The number of aromatic nitrogens is 2. The summed E-state index contributed by atoms with van der Waals surface area (Å²) in [6.07, 6.45) is -2.73. The van der Waals surface area contributed by atoms with Crippen LogP contribution < -0.4 is 21.2 Å². The summed E-state index contributed by atoms with van der Waals surface area (Å²) in [7, 11) is -4.35. The number of nitrogens with zero attached hydrogens (tertiary/aromatic N) is 3. The number of benzene rings is 3. The van der Waals surface area contributed by atoms with Gasteiger partial charge in [-0.15, -0.1) is 0 Å². The zero-order chi connectivity index (χ0) is 37.2. The second-order valence-corrected chi connectivity index (χ2v) is 13.9. The number of nitrogen functional groups attached to an aromatic ring is 1. The van der Waals surface area contributed by atoms with Crippen LogP contribution >= 0.6 is 7.75 Å². The molecular formula is C33H32F4N5O9P. The van der Waals surface area contributed by atoms with Gasteiger partial charge >= 0.3 is 25.0 Å². The van der Waals surface area contributed by atoms with Crippen molar-refractivity contribution in [3.63, 3.8) is 0 Å². The Balaban J connectivity index is 1.18. The number of halogens is 4. The fourth-order valence-electron chi connectivity index (χ4n) is 5.86. The van der Waals surface area contributed by atoms with Gasteiger partial charge in [-0.05, 0) is 66.4 Å². The Hall–Kier alpha value is -4.71. The summed E-state index contributed by atoms with van der Waals surface area (Å²) >= 11 is 0. The smallest absolute Gasteiger partial charge is 0.406 e. The second-order valence-electron chi connectivity index (χ2n) is 12.2. The molecule has 1 saturated heterocycles. The molecule has 3 aromatic carbocycles. The lowest BCUT2D eigenvalue weighted by atomic mass is 10.0. The summed E-state index contributed by atoms with van der Waals surface area (Å²) in [5.41, 5.74) is 4.56. The number of ether oxygens (including phenoxy) is 2. The van der Waals surface area contributed by atoms with Gasteiger partial charge in [-0.3, -0.25) is 23.7 Å². The van der Waals surface area contributed by atoms with Crippen LogP contribution in [-0.4, -0.2) is 50.4 Å². The Labute approximate surface area is 292 Å². The minimum Gasteiger partial charge on any atom is -0.450 e. The first-order valence-corrected chi connectivity index (χ1v) is 17.5. The van der Waals surface area contributed by atoms with E-state index in [9.17, 15) is 29.0 Å². The minimum absolute atomic E-state index is 0.0938. The van der Waals surface area contributed by atoms with E-state index in [1.807, 2.05) is 0 Å². The molecule has 1 aliphatic heterocycles. The molecule has 1 aromatic heterocycles. The van der Waals surface area contributed by atoms with Crippen LogP contribution in [0.1, 0.15) is 37.5 Å². The molecule has 19 heteroatoms. The number of nitrogens with two attached hydrogens (primary N) is 1. The van der Waals surface area contributed by atoms with Crippen LogP contribution in [0.4, 0.5) is 29.1 Å². The number of anilines is 1. The Morgan fingerprint density at radius 1 is 1.08 bits per heavy atom. The van der Waals surface area contributed by atoms with Crippen molar-refractivity contribution >= 4 is 19.3 Å². The topological polar surface area (TPSA) is 190 Å². The third-order valence-electron chi connectivity index (χ3n) is 8.53. The molecule has 2 heterocycles. The highest BCUT2D eigenvalue weighted by Gasteiger charge is 2.60. The highest BCUT2D eigenvalue weighted by Crippen LogP contribution is 2.49. The number of alkyl halides is 2. The van der Waals surface area contributed by atoms with Crippen molar-refractivity contribution in [2.45, 2.75) is 62.7 Å². The van der Waals surface area contributed by atoms with Gasteiger partial charge in [-0.2, -0.15) is 13.8 Å². The van der Waals surface area contributed by atoms with E-state index in [2.05, 4.69) is 10.1 Å². The van der Waals surface area contributed by atoms with Gasteiger partial charge in [0.15, 0.2) is 6.10 Å². The van der Waals surface area contributed by atoms with Crippen LogP contribution in [0.15, 0.2) is 77.7 Å². The lowest BCUT2D eigenvalue weighted by Gasteiger charge is -2.25. The number of aliphatic hydroxyl groups excluding tert-OH is 1. The normalized spacial score (nSPS) is 21.2. The monoisotopic (exact) mass is 749 g/mol. The van der Waals surface area contributed by atoms with Crippen molar-refractivity contribution in [3.8, 4) is 22.6 Å². The Bertz CT molecular complexity index is 2050. The number of nitrogens with one attached hydrogen (secondary N) is 1. The van der Waals surface area contributed by atoms with Crippen LogP contribution in [0.25, 0.3) is 11.1 Å². The van der Waals surface area contributed by atoms with E-state index in [0.717, 1.165) is 37.2 Å². The van der Waals surface area contributed by atoms with Gasteiger partial charge in [0.2, 0.25) is 12.0 Å². The maximum atomic E-state index is 15.1. The van der Waals surface area contributed by atoms with Crippen molar-refractivity contribution in [1.82, 2.24) is 14.6 Å². The molecule has 1 saturated carbocycles. The van der Waals surface area contributed by atoms with Crippen LogP contribution in [0, 0.1) is 21.7 Å². The van der Waals surface area contributed by atoms with Crippen molar-refractivity contribution in [3.05, 3.63) is 111 Å². The Morgan fingerprint density at radius 2 is 1.81 bits per heavy atom. The molecule has 4 atom stereocenters. The average Bonchev–Trinajstić information content (AvgIpc) is 3.68. The fraction of sp³-hybridized carbons (Fsp3) is 0.333. The van der Waals surface area contributed by atoms with E-state index < -0.39 is 73.3 Å². The molecule has 1 aliphatic carbocycles. The molecular weight excluding hydrogens is 717 g/mol. The van der Waals surface area contributed by atoms with Crippen LogP contribution in [0.5, 0.6) is 11.5 Å². The standard InChI is InChI=1S/C33H32F4N5O9P/c34-21-8-6-20(7-9-21)24-11-10-23(16-25(24)35)50-27-15-19(5-12-26(27)42(45)46)17-48-52(47,40-22-3-1-2-4-22)49-18-28-30(43)33(36,37)31(51-28)41-14-13-29(38)39-32(41)44/h5-16,22,28,30-31,43H,1-4,17-18H2,(H,40,47)(H2,38,39,44). The first-order valence-electron chi connectivity index (χ1n) is 16.0. The molecule has 4 unspecified atom stereocenters. The predicted molar refractivity (Wildman–Crippen MR) is 176 cm³/mol. The molecule has 6 rings (SSSR count). The molecule has 0 radical (unpaired) electrons. The molecule has 0 bridgehead atoms. The number of rotatable bonds is 13. The van der Waals surface area contributed by atoms with Crippen LogP contribution in [0.2, 0.25) is 0 Å². The summed E-state index contributed by atoms with van der Waals surface area (Å²) in [5, 5.41) is 25.0. The van der Waals surface area contributed by atoms with Crippen LogP contribution in [0.3, 0.4) is 0 Å². The summed E-state index contributed by atoms with van der Waals surface area (Å²) in [4.78, 5) is 26.7. The lowest BCUT2D eigenvalue weighted by molar-refractivity contribution is -0.385. The van der Waals surface area contributed by atoms with Gasteiger partial charge in [-0.25, -0.2) is 23.2 Å². The fourth-order valence-corrected chi connectivity index (χ4v) is 7.45. The maximum absolute atomic E-state index is 15.1. The number of nitro benzene ring substituents is 1. The lowest BCUT2D eigenvalue weighted by Crippen LogP contribution is -2.42. The molecule has 0 amide bonds. The van der Waals surface area contributed by atoms with Gasteiger partial charge in [0.25, 0.3) is 0 Å². The van der Waals surface area contributed by atoms with Gasteiger partial charge in [0.1, 0.15) is 29.3 Å². The van der Waals surface area contributed by atoms with Crippen molar-refractivity contribution in [2.75, 3.05) is 12.3 Å². The quantitative estimate of drug-likeness (QED) is 0.0605. The zero-order valence-electron chi connectivity index (χ0n) is 27.1. The molecule has 4 aromatic rings. The number of aliphatic hydroxyl groups is 1. The minimum atomic E-state index is -4.35. The van der Waals surface area contributed by atoms with E-state index in [1.54, 1.807) is 0 Å². The number of hydrogen-bond acceptors (Lipinski definition) is 11. The average molecular weight is 750 g/mol. The van der Waals surface area contributed by atoms with Crippen molar-refractivity contribution < 1.29 is 50.7 Å². The Kier molecular flexibility index (Phi) is 10.8. The molecule has 276 valence electrons. The van der Waals surface area contributed by atoms with Crippen molar-refractivity contribution in [2.24, 2.45) is 0 Å². The molecule has 2 aliphatic rings. The SMILES string of the molecule is Nc1ccn(C2OC(COP(=O)(NC3CCCC3)OCc3ccc([N+](=O)[O-])c(Oc4ccc(-c5ccc(F)cc5)c(F)c4)c3)C(O)C2(F)F)c(=O)n1. The molecule has 2 fully saturated rings. The maximum Gasteiger partial charge on any atom is 0.406 e. The van der Waals surface area contributed by atoms with Gasteiger partial charge in [0, 0.05) is 29.9 Å². The van der Waals surface area contributed by atoms with Crippen molar-refractivity contribution in [1.29, 1.82) is 0 Å². The van der Waals surface area contributed by atoms with Crippen LogP contribution in [-0.2, 0) is 25.0 Å². The molecule has 14 nitrogen and oxygen atoms in total. The van der Waals surface area contributed by atoms with Gasteiger partial charge < -0.3 is 20.3 Å². The second kappa shape index (κ2) is 15.1. The summed E-state index contributed by atoms with van der Waals surface area (Å²) < 4.78 is 95.2. The first kappa shape index (κ1) is 37.1. The van der Waals surface area contributed by atoms with E-state index >= 15 is 13.2 Å². The Morgan fingerprint density at radius 3 is 2.48 bits per heavy atom. The zero-order valence-corrected chi connectivity index (χ0v) is 28.0. The highest BCUT2D eigenvalue weighted by atomic mass is 31.2. The first-order chi connectivity index (χ1) is 24.7. The van der Waals surface area contributed by atoms with E-state index in [1.165, 1.54) is 48.5 Å². The molecule has 4 N–H and O–H groups in total. The third kappa shape index (κ3) is 8.17. The van der Waals surface area contributed by atoms with E-state index in [0.29, 0.717) is 23.0 Å². The summed E-state index contributed by atoms with van der Waals surface area (Å²) in [6, 6.07) is 13.3. The largest absolute Gasteiger partial charge is 0.450 e. The third-order valence-corrected chi connectivity index (χ3v) is 10.2.